The molecule has 1 heterocycles. The Balaban J connectivity index is 0.00000338. The van der Waals surface area contributed by atoms with Gasteiger partial charge in [0.15, 0.2) is 5.96 Å². The summed E-state index contributed by atoms with van der Waals surface area (Å²) < 4.78 is 13.1. The van der Waals surface area contributed by atoms with E-state index in [2.05, 4.69) is 15.2 Å². The summed E-state index contributed by atoms with van der Waals surface area (Å²) in [6.07, 6.45) is 3.10. The van der Waals surface area contributed by atoms with Gasteiger partial charge in [0.2, 0.25) is 5.91 Å². The lowest BCUT2D eigenvalue weighted by Gasteiger charge is -2.34. The van der Waals surface area contributed by atoms with E-state index in [1.807, 2.05) is 6.92 Å². The van der Waals surface area contributed by atoms with Crippen molar-refractivity contribution < 1.29 is 9.18 Å². The summed E-state index contributed by atoms with van der Waals surface area (Å²) in [6.45, 7) is 5.06. The Labute approximate surface area is 176 Å². The van der Waals surface area contributed by atoms with E-state index in [1.165, 1.54) is 12.1 Å². The number of rotatable bonds is 6. The molecule has 146 valence electrons. The normalized spacial score (nSPS) is 17.6. The van der Waals surface area contributed by atoms with Crippen LogP contribution in [-0.4, -0.2) is 42.9 Å². The second-order valence-electron chi connectivity index (χ2n) is 6.35. The molecule has 1 aromatic carbocycles. The fourth-order valence-corrected chi connectivity index (χ4v) is 3.40. The molecule has 0 bridgehead atoms. The summed E-state index contributed by atoms with van der Waals surface area (Å²) in [5, 5.41) is 3.73. The third-order valence-corrected chi connectivity index (χ3v) is 4.65. The average Bonchev–Trinajstić information content (AvgIpc) is 2.55. The number of hydrogen-bond donors (Lipinski definition) is 2. The SMILES string of the molecule is CCNC(=NCCc1ccc(F)cc1Cl)N1CCCC(CC(N)=O)C1.I. The maximum atomic E-state index is 13.1. The van der Waals surface area contributed by atoms with Crippen LogP contribution in [-0.2, 0) is 11.2 Å². The van der Waals surface area contributed by atoms with E-state index in [1.54, 1.807) is 6.07 Å². The van der Waals surface area contributed by atoms with Crippen LogP contribution in [0.5, 0.6) is 0 Å². The maximum Gasteiger partial charge on any atom is 0.217 e. The van der Waals surface area contributed by atoms with Crippen molar-refractivity contribution in [1.82, 2.24) is 10.2 Å². The Bertz CT molecular complexity index is 629. The van der Waals surface area contributed by atoms with Crippen LogP contribution in [0.2, 0.25) is 5.02 Å². The molecule has 0 aliphatic carbocycles. The van der Waals surface area contributed by atoms with E-state index < -0.39 is 0 Å². The fourth-order valence-electron chi connectivity index (χ4n) is 3.14. The van der Waals surface area contributed by atoms with E-state index in [0.717, 1.165) is 44.0 Å². The summed E-state index contributed by atoms with van der Waals surface area (Å²) >= 11 is 6.06. The van der Waals surface area contributed by atoms with Gasteiger partial charge in [0.25, 0.3) is 0 Å². The third kappa shape index (κ3) is 7.26. The molecule has 0 radical (unpaired) electrons. The molecule has 5 nitrogen and oxygen atoms in total. The molecular formula is C18H27ClFIN4O. The number of nitrogens with zero attached hydrogens (tertiary/aromatic N) is 2. The highest BCUT2D eigenvalue weighted by atomic mass is 127. The first-order valence-corrected chi connectivity index (χ1v) is 9.13. The summed E-state index contributed by atoms with van der Waals surface area (Å²) in [5.41, 5.74) is 6.21. The number of aliphatic imine (C=N–C) groups is 1. The first kappa shape index (κ1) is 23.0. The number of likely N-dealkylation sites (tertiary alicyclic amines) is 1. The van der Waals surface area contributed by atoms with Gasteiger partial charge < -0.3 is 16.0 Å². The van der Waals surface area contributed by atoms with Crippen LogP contribution in [0.25, 0.3) is 0 Å². The fraction of sp³-hybridized carbons (Fsp3) is 0.556. The summed E-state index contributed by atoms with van der Waals surface area (Å²) in [4.78, 5) is 18.0. The molecular weight excluding hydrogens is 470 g/mol. The molecule has 1 fully saturated rings. The zero-order valence-electron chi connectivity index (χ0n) is 15.0. The minimum atomic E-state index is -0.334. The lowest BCUT2D eigenvalue weighted by molar-refractivity contribution is -0.119. The molecule has 26 heavy (non-hydrogen) atoms. The largest absolute Gasteiger partial charge is 0.370 e. The Morgan fingerprint density at radius 2 is 2.27 bits per heavy atom. The quantitative estimate of drug-likeness (QED) is 0.361. The number of nitrogens with one attached hydrogen (secondary N) is 1. The van der Waals surface area contributed by atoms with Crippen LogP contribution < -0.4 is 11.1 Å². The van der Waals surface area contributed by atoms with E-state index >= 15 is 0 Å². The first-order chi connectivity index (χ1) is 12.0. The number of primary amides is 1. The van der Waals surface area contributed by atoms with Crippen LogP contribution in [0, 0.1) is 11.7 Å². The van der Waals surface area contributed by atoms with Crippen molar-refractivity contribution in [3.05, 3.63) is 34.6 Å². The van der Waals surface area contributed by atoms with Crippen molar-refractivity contribution in [2.24, 2.45) is 16.6 Å². The highest BCUT2D eigenvalue weighted by Gasteiger charge is 2.23. The number of benzene rings is 1. The minimum Gasteiger partial charge on any atom is -0.370 e. The number of nitrogens with two attached hydrogens (primary N) is 1. The molecule has 1 atom stereocenters. The van der Waals surface area contributed by atoms with Gasteiger partial charge in [-0.05, 0) is 49.8 Å². The molecule has 0 spiro atoms. The minimum absolute atomic E-state index is 0. The number of amides is 1. The average molecular weight is 497 g/mol. The molecule has 1 aromatic rings. The van der Waals surface area contributed by atoms with Crippen LogP contribution in [0.3, 0.4) is 0 Å². The van der Waals surface area contributed by atoms with Crippen molar-refractivity contribution in [3.8, 4) is 0 Å². The van der Waals surface area contributed by atoms with Crippen molar-refractivity contribution >= 4 is 47.4 Å². The smallest absolute Gasteiger partial charge is 0.217 e. The van der Waals surface area contributed by atoms with Crippen LogP contribution in [0.15, 0.2) is 23.2 Å². The first-order valence-electron chi connectivity index (χ1n) is 8.75. The van der Waals surface area contributed by atoms with Gasteiger partial charge in [-0.2, -0.15) is 0 Å². The van der Waals surface area contributed by atoms with Gasteiger partial charge in [-0.15, -0.1) is 24.0 Å². The lowest BCUT2D eigenvalue weighted by Crippen LogP contribution is -2.47. The Hall–Kier alpha value is -1.09. The number of piperidine rings is 1. The van der Waals surface area contributed by atoms with Gasteiger partial charge in [-0.1, -0.05) is 17.7 Å². The summed E-state index contributed by atoms with van der Waals surface area (Å²) in [5.74, 6) is 0.538. The van der Waals surface area contributed by atoms with E-state index in [4.69, 9.17) is 17.3 Å². The van der Waals surface area contributed by atoms with Crippen molar-refractivity contribution in [2.45, 2.75) is 32.6 Å². The van der Waals surface area contributed by atoms with Crippen molar-refractivity contribution in [2.75, 3.05) is 26.2 Å². The van der Waals surface area contributed by atoms with Gasteiger partial charge in [0, 0.05) is 37.6 Å². The Morgan fingerprint density at radius 1 is 1.50 bits per heavy atom. The molecule has 3 N–H and O–H groups in total. The van der Waals surface area contributed by atoms with Crippen LogP contribution in [0.1, 0.15) is 31.7 Å². The molecule has 1 amide bonds. The zero-order valence-corrected chi connectivity index (χ0v) is 18.1. The molecule has 8 heteroatoms. The molecule has 1 aliphatic heterocycles. The molecule has 1 aliphatic rings. The zero-order chi connectivity index (χ0) is 18.2. The lowest BCUT2D eigenvalue weighted by atomic mass is 9.95. The Kier molecular flexibility index (Phi) is 10.2. The maximum absolute atomic E-state index is 13.1. The number of carbonyl (C=O) groups excluding carboxylic acids is 1. The van der Waals surface area contributed by atoms with Gasteiger partial charge in [0.05, 0.1) is 0 Å². The number of guanidine groups is 1. The molecule has 1 unspecified atom stereocenters. The van der Waals surface area contributed by atoms with Gasteiger partial charge in [-0.3, -0.25) is 9.79 Å². The topological polar surface area (TPSA) is 70.7 Å². The number of hydrogen-bond acceptors (Lipinski definition) is 2. The van der Waals surface area contributed by atoms with Gasteiger partial charge in [-0.25, -0.2) is 4.39 Å². The predicted octanol–water partition coefficient (Wildman–Crippen LogP) is 3.19. The van der Waals surface area contributed by atoms with E-state index in [9.17, 15) is 9.18 Å². The monoisotopic (exact) mass is 496 g/mol. The highest BCUT2D eigenvalue weighted by Crippen LogP contribution is 2.20. The van der Waals surface area contributed by atoms with Crippen molar-refractivity contribution in [3.63, 3.8) is 0 Å². The van der Waals surface area contributed by atoms with Crippen LogP contribution in [0.4, 0.5) is 4.39 Å². The van der Waals surface area contributed by atoms with Gasteiger partial charge >= 0.3 is 0 Å². The second-order valence-corrected chi connectivity index (χ2v) is 6.75. The predicted molar refractivity (Wildman–Crippen MR) is 115 cm³/mol. The molecule has 1 saturated heterocycles. The number of halogens is 3. The molecule has 0 saturated carbocycles. The highest BCUT2D eigenvalue weighted by molar-refractivity contribution is 14.0. The van der Waals surface area contributed by atoms with Gasteiger partial charge in [0.1, 0.15) is 5.82 Å². The second kappa shape index (κ2) is 11.6. The molecule has 2 rings (SSSR count). The number of carbonyl (C=O) groups is 1. The third-order valence-electron chi connectivity index (χ3n) is 4.30. The van der Waals surface area contributed by atoms with Crippen molar-refractivity contribution in [1.29, 1.82) is 0 Å². The van der Waals surface area contributed by atoms with E-state index in [0.29, 0.717) is 24.4 Å². The Morgan fingerprint density at radius 3 is 2.92 bits per heavy atom. The summed E-state index contributed by atoms with van der Waals surface area (Å²) in [7, 11) is 0. The standard InChI is InChI=1S/C18H26ClFN4O.HI/c1-2-22-18(24-9-3-4-13(12-24)10-17(21)25)23-8-7-14-5-6-15(20)11-16(14)19;/h5-6,11,13H,2-4,7-10,12H2,1H3,(H2,21,25)(H,22,23);1H. The molecule has 0 aromatic heterocycles. The van der Waals surface area contributed by atoms with E-state index in [-0.39, 0.29) is 41.6 Å². The summed E-state index contributed by atoms with van der Waals surface area (Å²) in [6, 6.07) is 4.43. The van der Waals surface area contributed by atoms with Crippen LogP contribution >= 0.6 is 35.6 Å².